The molecule has 0 aliphatic carbocycles. The van der Waals surface area contributed by atoms with E-state index in [9.17, 15) is 0 Å². The number of hydrazone groups is 1. The Morgan fingerprint density at radius 1 is 1.06 bits per heavy atom. The lowest BCUT2D eigenvalue weighted by Crippen LogP contribution is -2.19. The summed E-state index contributed by atoms with van der Waals surface area (Å²) in [5, 5.41) is 6.66. The molecular weight excluding hydrogens is 210 g/mol. The molecule has 0 saturated heterocycles. The summed E-state index contributed by atoms with van der Waals surface area (Å²) in [6.45, 7) is 0. The molecule has 1 aliphatic heterocycles. The molecule has 17 heavy (non-hydrogen) atoms. The smallest absolute Gasteiger partial charge is 0.127 e. The van der Waals surface area contributed by atoms with Crippen LogP contribution in [-0.2, 0) is 0 Å². The van der Waals surface area contributed by atoms with E-state index in [1.54, 1.807) is 0 Å². The molecule has 0 saturated carbocycles. The molecule has 0 amide bonds. The quantitative estimate of drug-likeness (QED) is 0.769. The van der Waals surface area contributed by atoms with Gasteiger partial charge in [-0.3, -0.25) is 5.01 Å². The monoisotopic (exact) mass is 225 g/mol. The van der Waals surface area contributed by atoms with Crippen LogP contribution in [0.3, 0.4) is 0 Å². The fourth-order valence-corrected chi connectivity index (χ4v) is 2.25. The molecule has 2 heterocycles. The Balaban J connectivity index is 1.85. The van der Waals surface area contributed by atoms with Crippen molar-refractivity contribution in [1.29, 1.82) is 0 Å². The molecule has 1 unspecified atom stereocenters. The van der Waals surface area contributed by atoms with Gasteiger partial charge < -0.3 is 4.57 Å². The lowest BCUT2D eigenvalue weighted by Gasteiger charge is -2.20. The van der Waals surface area contributed by atoms with Crippen molar-refractivity contribution in [2.45, 2.75) is 12.6 Å². The van der Waals surface area contributed by atoms with Crippen LogP contribution < -0.4 is 0 Å². The Labute approximate surface area is 101 Å². The van der Waals surface area contributed by atoms with Gasteiger partial charge in [-0.25, -0.2) is 0 Å². The van der Waals surface area contributed by atoms with Crippen LogP contribution in [0.2, 0.25) is 0 Å². The molecular formula is C14H15N3. The van der Waals surface area contributed by atoms with Gasteiger partial charge >= 0.3 is 0 Å². The minimum absolute atomic E-state index is 0.306. The molecule has 3 heteroatoms. The van der Waals surface area contributed by atoms with Gasteiger partial charge in [0.1, 0.15) is 6.17 Å². The first-order chi connectivity index (χ1) is 8.34. The molecule has 0 bridgehead atoms. The van der Waals surface area contributed by atoms with Crippen LogP contribution in [0.15, 0.2) is 60.0 Å². The van der Waals surface area contributed by atoms with Crippen LogP contribution in [0, 0.1) is 0 Å². The van der Waals surface area contributed by atoms with Crippen molar-refractivity contribution in [2.24, 2.45) is 5.10 Å². The molecule has 3 nitrogen and oxygen atoms in total. The summed E-state index contributed by atoms with van der Waals surface area (Å²) in [5.41, 5.74) is 2.38. The average molecular weight is 225 g/mol. The Hall–Kier alpha value is -2.03. The van der Waals surface area contributed by atoms with Crippen LogP contribution >= 0.6 is 0 Å². The SMILES string of the molecule is CN1N=C(c2ccccc2)CC1n1cccc1. The van der Waals surface area contributed by atoms with Crippen molar-refractivity contribution >= 4 is 5.71 Å². The van der Waals surface area contributed by atoms with E-state index in [1.165, 1.54) is 5.56 Å². The van der Waals surface area contributed by atoms with Gasteiger partial charge in [0.25, 0.3) is 0 Å². The van der Waals surface area contributed by atoms with Gasteiger partial charge in [-0.15, -0.1) is 0 Å². The summed E-state index contributed by atoms with van der Waals surface area (Å²) in [6.07, 6.45) is 5.44. The van der Waals surface area contributed by atoms with Crippen molar-refractivity contribution in [3.05, 3.63) is 60.4 Å². The first-order valence-electron chi connectivity index (χ1n) is 5.83. The summed E-state index contributed by atoms with van der Waals surface area (Å²) < 4.78 is 2.19. The molecule has 0 radical (unpaired) electrons. The average Bonchev–Trinajstić information content (AvgIpc) is 2.99. The van der Waals surface area contributed by atoms with E-state index in [0.29, 0.717) is 6.17 Å². The lowest BCUT2D eigenvalue weighted by atomic mass is 10.1. The summed E-state index contributed by atoms with van der Waals surface area (Å²) in [7, 11) is 2.03. The molecule has 1 aromatic heterocycles. The van der Waals surface area contributed by atoms with Gasteiger partial charge in [0.2, 0.25) is 0 Å². The highest BCUT2D eigenvalue weighted by Crippen LogP contribution is 2.26. The minimum atomic E-state index is 0.306. The second-order valence-electron chi connectivity index (χ2n) is 4.30. The van der Waals surface area contributed by atoms with Crippen LogP contribution in [0.4, 0.5) is 0 Å². The zero-order chi connectivity index (χ0) is 11.7. The van der Waals surface area contributed by atoms with Crippen molar-refractivity contribution in [3.8, 4) is 0 Å². The number of nitrogens with zero attached hydrogens (tertiary/aromatic N) is 3. The molecule has 1 aliphatic rings. The summed E-state index contributed by atoms with van der Waals surface area (Å²) >= 11 is 0. The van der Waals surface area contributed by atoms with Crippen molar-refractivity contribution in [1.82, 2.24) is 9.58 Å². The van der Waals surface area contributed by atoms with Crippen molar-refractivity contribution in [3.63, 3.8) is 0 Å². The van der Waals surface area contributed by atoms with Crippen molar-refractivity contribution < 1.29 is 0 Å². The van der Waals surface area contributed by atoms with Gasteiger partial charge in [0.15, 0.2) is 0 Å². The number of benzene rings is 1. The maximum absolute atomic E-state index is 4.63. The first-order valence-corrected chi connectivity index (χ1v) is 5.83. The van der Waals surface area contributed by atoms with Crippen molar-refractivity contribution in [2.75, 3.05) is 7.05 Å². The van der Waals surface area contributed by atoms with Crippen LogP contribution in [0.1, 0.15) is 18.2 Å². The highest BCUT2D eigenvalue weighted by Gasteiger charge is 2.24. The maximum atomic E-state index is 4.63. The van der Waals surface area contributed by atoms with E-state index in [1.807, 2.05) is 30.3 Å². The molecule has 0 N–H and O–H groups in total. The molecule has 1 atom stereocenters. The molecule has 0 fully saturated rings. The predicted molar refractivity (Wildman–Crippen MR) is 68.8 cm³/mol. The first kappa shape index (κ1) is 10.1. The van der Waals surface area contributed by atoms with Crippen LogP contribution in [0.5, 0.6) is 0 Å². The predicted octanol–water partition coefficient (Wildman–Crippen LogP) is 2.73. The third-order valence-corrected chi connectivity index (χ3v) is 3.16. The normalized spacial score (nSPS) is 19.5. The summed E-state index contributed by atoms with van der Waals surface area (Å²) in [4.78, 5) is 0. The Kier molecular flexibility index (Phi) is 2.44. The Bertz CT molecular complexity index is 514. The second-order valence-corrected chi connectivity index (χ2v) is 4.30. The summed E-state index contributed by atoms with van der Waals surface area (Å²) in [6, 6.07) is 14.5. The molecule has 0 spiro atoms. The van der Waals surface area contributed by atoms with E-state index in [2.05, 4.69) is 46.3 Å². The zero-order valence-corrected chi connectivity index (χ0v) is 9.82. The minimum Gasteiger partial charge on any atom is -0.332 e. The highest BCUT2D eigenvalue weighted by atomic mass is 15.5. The van der Waals surface area contributed by atoms with Gasteiger partial charge in [-0.1, -0.05) is 30.3 Å². The fourth-order valence-electron chi connectivity index (χ4n) is 2.25. The zero-order valence-electron chi connectivity index (χ0n) is 9.82. The third kappa shape index (κ3) is 1.84. The van der Waals surface area contributed by atoms with Gasteiger partial charge in [-0.2, -0.15) is 5.10 Å². The maximum Gasteiger partial charge on any atom is 0.127 e. The summed E-state index contributed by atoms with van der Waals surface area (Å²) in [5.74, 6) is 0. The third-order valence-electron chi connectivity index (χ3n) is 3.16. The Morgan fingerprint density at radius 3 is 2.47 bits per heavy atom. The number of rotatable bonds is 2. The Morgan fingerprint density at radius 2 is 1.76 bits per heavy atom. The standard InChI is InChI=1S/C14H15N3/c1-16-14(17-9-5-6-10-17)11-13(15-16)12-7-3-2-4-8-12/h2-10,14H,11H2,1H3. The molecule has 2 aromatic rings. The van der Waals surface area contributed by atoms with E-state index in [0.717, 1.165) is 12.1 Å². The van der Waals surface area contributed by atoms with Gasteiger partial charge in [0.05, 0.1) is 5.71 Å². The largest absolute Gasteiger partial charge is 0.332 e. The number of aromatic nitrogens is 1. The molecule has 86 valence electrons. The van der Waals surface area contributed by atoms with Gasteiger partial charge in [0, 0.05) is 25.9 Å². The van der Waals surface area contributed by atoms with Crippen LogP contribution in [0.25, 0.3) is 0 Å². The number of hydrogen-bond acceptors (Lipinski definition) is 2. The van der Waals surface area contributed by atoms with Gasteiger partial charge in [-0.05, 0) is 17.7 Å². The van der Waals surface area contributed by atoms with E-state index >= 15 is 0 Å². The lowest BCUT2D eigenvalue weighted by molar-refractivity contribution is 0.215. The van der Waals surface area contributed by atoms with E-state index in [-0.39, 0.29) is 0 Å². The number of hydrogen-bond donors (Lipinski definition) is 0. The van der Waals surface area contributed by atoms with E-state index in [4.69, 9.17) is 0 Å². The second kappa shape index (κ2) is 4.09. The highest BCUT2D eigenvalue weighted by molar-refractivity contribution is 6.01. The van der Waals surface area contributed by atoms with E-state index < -0.39 is 0 Å². The fraction of sp³-hybridized carbons (Fsp3) is 0.214. The molecule has 1 aromatic carbocycles. The van der Waals surface area contributed by atoms with Crippen LogP contribution in [-0.4, -0.2) is 22.3 Å². The molecule has 3 rings (SSSR count). The topological polar surface area (TPSA) is 20.5 Å².